The van der Waals surface area contributed by atoms with Crippen LogP contribution in [0.25, 0.3) is 0 Å². The molecule has 0 aromatic rings. The van der Waals surface area contributed by atoms with Gasteiger partial charge in [-0.15, -0.1) is 0 Å². The Balaban J connectivity index is 4.25. The molecule has 3 atom stereocenters. The quantitative estimate of drug-likeness (QED) is 0.323. The highest BCUT2D eigenvalue weighted by atomic mass is 14.2. The van der Waals surface area contributed by atoms with Gasteiger partial charge >= 0.3 is 0 Å². The van der Waals surface area contributed by atoms with Gasteiger partial charge in [0.05, 0.1) is 0 Å². The fourth-order valence-corrected chi connectivity index (χ4v) is 1.79. The van der Waals surface area contributed by atoms with Crippen LogP contribution >= 0.6 is 0 Å². The van der Waals surface area contributed by atoms with Gasteiger partial charge in [-0.1, -0.05) is 65.0 Å². The summed E-state index contributed by atoms with van der Waals surface area (Å²) in [6.45, 7) is 8.79. The largest absolute Gasteiger partial charge is 0.0882 e. The standard InChI is InChI=1S/C15H25/c1-6-9-10-11-12-15(13(4)7-2)14(5)8-3/h11-15H,6-7,9-10H2,1-2,4-5H3. The van der Waals surface area contributed by atoms with Crippen molar-refractivity contribution in [3.63, 3.8) is 0 Å². The van der Waals surface area contributed by atoms with Crippen molar-refractivity contribution in [3.05, 3.63) is 18.6 Å². The molecule has 0 aromatic heterocycles. The topological polar surface area (TPSA) is 0 Å². The lowest BCUT2D eigenvalue weighted by molar-refractivity contribution is 0.356. The normalized spacial score (nSPS) is 17.3. The van der Waals surface area contributed by atoms with E-state index in [2.05, 4.69) is 45.8 Å². The molecular weight excluding hydrogens is 180 g/mol. The zero-order valence-electron chi connectivity index (χ0n) is 10.7. The predicted octanol–water partition coefficient (Wildman–Crippen LogP) is 4.62. The van der Waals surface area contributed by atoms with Crippen LogP contribution in [0.1, 0.15) is 53.4 Å². The fraction of sp³-hybridized carbons (Fsp3) is 0.733. The third-order valence-electron chi connectivity index (χ3n) is 3.19. The van der Waals surface area contributed by atoms with E-state index in [1.165, 1.54) is 25.7 Å². The molecular formula is C15H25. The van der Waals surface area contributed by atoms with E-state index in [1.54, 1.807) is 0 Å². The van der Waals surface area contributed by atoms with Crippen LogP contribution in [0, 0.1) is 30.1 Å². The van der Waals surface area contributed by atoms with Gasteiger partial charge in [-0.25, -0.2) is 0 Å². The van der Waals surface area contributed by atoms with E-state index < -0.39 is 0 Å². The zero-order chi connectivity index (χ0) is 11.7. The van der Waals surface area contributed by atoms with Crippen molar-refractivity contribution in [1.82, 2.24) is 0 Å². The lowest BCUT2D eigenvalue weighted by atomic mass is 9.82. The molecule has 0 heteroatoms. The van der Waals surface area contributed by atoms with Gasteiger partial charge in [0, 0.05) is 5.92 Å². The smallest absolute Gasteiger partial charge is 0.0250 e. The van der Waals surface area contributed by atoms with Crippen LogP contribution in [-0.2, 0) is 0 Å². The van der Waals surface area contributed by atoms with Gasteiger partial charge in [0.1, 0.15) is 0 Å². The summed E-state index contributed by atoms with van der Waals surface area (Å²) >= 11 is 0. The summed E-state index contributed by atoms with van der Waals surface area (Å²) in [5.41, 5.74) is 0. The SMILES string of the molecule is [C]#CC(C)C(C=CCCCC)C(C)CC. The molecule has 0 fully saturated rings. The highest BCUT2D eigenvalue weighted by molar-refractivity contribution is 5.00. The first kappa shape index (κ1) is 14.3. The van der Waals surface area contributed by atoms with Crippen molar-refractivity contribution in [2.75, 3.05) is 0 Å². The first-order chi connectivity index (χ1) is 7.17. The van der Waals surface area contributed by atoms with Crippen LogP contribution in [0.2, 0.25) is 0 Å². The molecule has 0 aromatic carbocycles. The van der Waals surface area contributed by atoms with E-state index in [4.69, 9.17) is 6.42 Å². The molecule has 0 rings (SSSR count). The maximum absolute atomic E-state index is 7.24. The Morgan fingerprint density at radius 2 is 1.93 bits per heavy atom. The minimum atomic E-state index is 0.248. The Kier molecular flexibility index (Phi) is 8.19. The van der Waals surface area contributed by atoms with Gasteiger partial charge in [-0.05, 0) is 24.7 Å². The molecule has 85 valence electrons. The second-order valence-corrected chi connectivity index (χ2v) is 4.47. The highest BCUT2D eigenvalue weighted by Crippen LogP contribution is 2.25. The summed E-state index contributed by atoms with van der Waals surface area (Å²) in [5.74, 6) is 4.01. The molecule has 0 saturated heterocycles. The Hall–Kier alpha value is -0.700. The first-order valence-corrected chi connectivity index (χ1v) is 6.26. The van der Waals surface area contributed by atoms with E-state index in [-0.39, 0.29) is 5.92 Å². The maximum Gasteiger partial charge on any atom is 0.0250 e. The Morgan fingerprint density at radius 1 is 1.27 bits per heavy atom. The summed E-state index contributed by atoms with van der Waals surface area (Å²) in [6.07, 6.45) is 16.7. The monoisotopic (exact) mass is 205 g/mol. The van der Waals surface area contributed by atoms with Gasteiger partial charge in [-0.2, -0.15) is 0 Å². The third kappa shape index (κ3) is 5.67. The summed E-state index contributed by atoms with van der Waals surface area (Å²) < 4.78 is 0. The average molecular weight is 205 g/mol. The molecule has 0 aliphatic heterocycles. The lowest BCUT2D eigenvalue weighted by Gasteiger charge is -2.22. The van der Waals surface area contributed by atoms with Gasteiger partial charge < -0.3 is 0 Å². The molecule has 0 saturated carbocycles. The zero-order valence-corrected chi connectivity index (χ0v) is 10.7. The predicted molar refractivity (Wildman–Crippen MR) is 67.9 cm³/mol. The Labute approximate surface area is 96.2 Å². The van der Waals surface area contributed by atoms with Crippen LogP contribution in [0.15, 0.2) is 12.2 Å². The van der Waals surface area contributed by atoms with E-state index in [0.29, 0.717) is 11.8 Å². The summed E-state index contributed by atoms with van der Waals surface area (Å²) in [7, 11) is 0. The Morgan fingerprint density at radius 3 is 2.40 bits per heavy atom. The van der Waals surface area contributed by atoms with E-state index in [0.717, 1.165) is 0 Å². The molecule has 0 aliphatic carbocycles. The first-order valence-electron chi connectivity index (χ1n) is 6.26. The van der Waals surface area contributed by atoms with Crippen LogP contribution in [0.5, 0.6) is 0 Å². The van der Waals surface area contributed by atoms with E-state index in [9.17, 15) is 0 Å². The van der Waals surface area contributed by atoms with Crippen LogP contribution in [0.3, 0.4) is 0 Å². The third-order valence-corrected chi connectivity index (χ3v) is 3.19. The number of rotatable bonds is 7. The number of allylic oxidation sites excluding steroid dienone is 2. The summed E-state index contributed by atoms with van der Waals surface area (Å²) in [6, 6.07) is 0. The van der Waals surface area contributed by atoms with Crippen molar-refractivity contribution >= 4 is 0 Å². The molecule has 1 radical (unpaired) electrons. The van der Waals surface area contributed by atoms with Gasteiger partial charge in [0.15, 0.2) is 0 Å². The van der Waals surface area contributed by atoms with Crippen molar-refractivity contribution in [3.8, 4) is 5.92 Å². The average Bonchev–Trinajstić information content (AvgIpc) is 2.27. The highest BCUT2D eigenvalue weighted by Gasteiger charge is 2.17. The molecule has 0 amide bonds. The van der Waals surface area contributed by atoms with Crippen molar-refractivity contribution in [2.45, 2.75) is 53.4 Å². The molecule has 0 nitrogen and oxygen atoms in total. The second kappa shape index (κ2) is 8.60. The van der Waals surface area contributed by atoms with E-state index in [1.807, 2.05) is 0 Å². The number of unbranched alkanes of at least 4 members (excludes halogenated alkanes) is 2. The second-order valence-electron chi connectivity index (χ2n) is 4.47. The molecule has 0 bridgehead atoms. The molecule has 0 N–H and O–H groups in total. The van der Waals surface area contributed by atoms with Crippen LogP contribution < -0.4 is 0 Å². The molecule has 0 aliphatic rings. The van der Waals surface area contributed by atoms with Crippen molar-refractivity contribution in [2.24, 2.45) is 17.8 Å². The molecule has 3 unspecified atom stereocenters. The van der Waals surface area contributed by atoms with Crippen LogP contribution in [-0.4, -0.2) is 0 Å². The Bertz CT molecular complexity index is 207. The summed E-state index contributed by atoms with van der Waals surface area (Å²) in [5, 5.41) is 0. The van der Waals surface area contributed by atoms with Gasteiger partial charge in [0.25, 0.3) is 0 Å². The fourth-order valence-electron chi connectivity index (χ4n) is 1.79. The molecule has 0 heterocycles. The van der Waals surface area contributed by atoms with Gasteiger partial charge in [-0.3, -0.25) is 0 Å². The van der Waals surface area contributed by atoms with E-state index >= 15 is 0 Å². The van der Waals surface area contributed by atoms with Crippen molar-refractivity contribution in [1.29, 1.82) is 0 Å². The van der Waals surface area contributed by atoms with Crippen LogP contribution in [0.4, 0.5) is 0 Å². The summed E-state index contributed by atoms with van der Waals surface area (Å²) in [4.78, 5) is 0. The number of hydrogen-bond acceptors (Lipinski definition) is 0. The van der Waals surface area contributed by atoms with Gasteiger partial charge in [0.2, 0.25) is 0 Å². The lowest BCUT2D eigenvalue weighted by Crippen LogP contribution is -2.15. The molecule has 15 heavy (non-hydrogen) atoms. The number of hydrogen-bond donors (Lipinski definition) is 0. The minimum absolute atomic E-state index is 0.248. The molecule has 0 spiro atoms. The minimum Gasteiger partial charge on any atom is -0.0882 e. The van der Waals surface area contributed by atoms with Crippen molar-refractivity contribution < 1.29 is 0 Å². The maximum atomic E-state index is 7.24.